The summed E-state index contributed by atoms with van der Waals surface area (Å²) in [6, 6.07) is 12.4. The van der Waals surface area contributed by atoms with Crippen molar-refractivity contribution in [2.45, 2.75) is 24.3 Å². The quantitative estimate of drug-likeness (QED) is 0.317. The number of benzene rings is 2. The van der Waals surface area contributed by atoms with Crippen LogP contribution in [0.5, 0.6) is 0 Å². The van der Waals surface area contributed by atoms with Crippen LogP contribution in [0.2, 0.25) is 0 Å². The lowest BCUT2D eigenvalue weighted by Gasteiger charge is -2.03. The number of nitrogens with zero attached hydrogens (tertiary/aromatic N) is 3. The molecule has 0 saturated heterocycles. The monoisotopic (exact) mass is 443 g/mol. The van der Waals surface area contributed by atoms with E-state index in [1.54, 1.807) is 28.8 Å². The zero-order chi connectivity index (χ0) is 21.7. The number of amides is 1. The maximum Gasteiger partial charge on any atom is 0.270 e. The van der Waals surface area contributed by atoms with Crippen molar-refractivity contribution in [3.63, 3.8) is 0 Å². The molecule has 0 N–H and O–H groups in total. The zero-order valence-electron chi connectivity index (χ0n) is 15.7. The number of rotatable bonds is 7. The number of nitro groups is 1. The first-order valence-electron chi connectivity index (χ1n) is 8.88. The molecule has 0 bridgehead atoms. The number of thiazole rings is 1. The first-order chi connectivity index (χ1) is 14.3. The second-order valence-corrected chi connectivity index (χ2v) is 9.44. The van der Waals surface area contributed by atoms with E-state index < -0.39 is 20.7 Å². The Labute approximate surface area is 176 Å². The Bertz CT molecular complexity index is 1320. The van der Waals surface area contributed by atoms with Crippen LogP contribution in [0.15, 0.2) is 58.4 Å². The van der Waals surface area contributed by atoms with Crippen LogP contribution in [0.1, 0.15) is 12.8 Å². The van der Waals surface area contributed by atoms with E-state index in [2.05, 4.69) is 10.9 Å². The molecule has 30 heavy (non-hydrogen) atoms. The molecule has 1 heterocycles. The summed E-state index contributed by atoms with van der Waals surface area (Å²) in [5.74, 6) is 1.83. The first-order valence-corrected chi connectivity index (χ1v) is 11.4. The molecular formula is C20H17N3O5S2. The molecule has 3 aromatic rings. The number of carbonyl (C=O) groups excluding carboxylic acids is 1. The van der Waals surface area contributed by atoms with Gasteiger partial charge in [0.25, 0.3) is 5.69 Å². The molecule has 0 aliphatic carbocycles. The number of carbonyl (C=O) groups is 1. The molecule has 0 saturated carbocycles. The predicted molar refractivity (Wildman–Crippen MR) is 114 cm³/mol. The highest BCUT2D eigenvalue weighted by Crippen LogP contribution is 2.23. The molecule has 1 amide bonds. The summed E-state index contributed by atoms with van der Waals surface area (Å²) in [4.78, 5) is 27.4. The van der Waals surface area contributed by atoms with Crippen molar-refractivity contribution < 1.29 is 18.1 Å². The van der Waals surface area contributed by atoms with Crippen LogP contribution in [-0.2, 0) is 21.2 Å². The summed E-state index contributed by atoms with van der Waals surface area (Å²) < 4.78 is 26.8. The number of hydrogen-bond donors (Lipinski definition) is 0. The third-order valence-corrected chi connectivity index (χ3v) is 7.11. The Kier molecular flexibility index (Phi) is 6.44. The lowest BCUT2D eigenvalue weighted by atomic mass is 10.3. The lowest BCUT2D eigenvalue weighted by Crippen LogP contribution is -2.16. The molecule has 2 aromatic carbocycles. The maximum absolute atomic E-state index is 12.3. The molecule has 8 nitrogen and oxygen atoms in total. The fourth-order valence-corrected chi connectivity index (χ4v) is 5.24. The molecule has 0 aliphatic heterocycles. The summed E-state index contributed by atoms with van der Waals surface area (Å²) in [7, 11) is -3.47. The van der Waals surface area contributed by atoms with Gasteiger partial charge >= 0.3 is 0 Å². The standard InChI is InChI=1S/C20H17N3O5S2/c1-2-12-22-17-11-10-15(23(25)26)14-18(17)29-20(22)21-19(24)9-6-13-30(27,28)16-7-4-3-5-8-16/h1,3-5,7-8,10-11,14H,6,9,12-13H2. The van der Waals surface area contributed by atoms with E-state index in [-0.39, 0.29) is 35.7 Å². The van der Waals surface area contributed by atoms with Crippen LogP contribution in [-0.4, -0.2) is 29.6 Å². The van der Waals surface area contributed by atoms with E-state index in [1.165, 1.54) is 24.3 Å². The van der Waals surface area contributed by atoms with E-state index in [1.807, 2.05) is 0 Å². The Morgan fingerprint density at radius 2 is 1.97 bits per heavy atom. The molecule has 0 spiro atoms. The molecule has 0 radical (unpaired) electrons. The number of aromatic nitrogens is 1. The summed E-state index contributed by atoms with van der Waals surface area (Å²) in [5.41, 5.74) is 0.572. The highest BCUT2D eigenvalue weighted by Gasteiger charge is 2.15. The van der Waals surface area contributed by atoms with Crippen molar-refractivity contribution >= 4 is 43.0 Å². The third kappa shape index (κ3) is 4.82. The number of sulfone groups is 1. The van der Waals surface area contributed by atoms with Crippen molar-refractivity contribution in [2.75, 3.05) is 5.75 Å². The van der Waals surface area contributed by atoms with E-state index in [0.29, 0.717) is 15.0 Å². The average molecular weight is 444 g/mol. The molecular weight excluding hydrogens is 426 g/mol. The van der Waals surface area contributed by atoms with E-state index in [9.17, 15) is 23.3 Å². The highest BCUT2D eigenvalue weighted by atomic mass is 32.2. The van der Waals surface area contributed by atoms with Gasteiger partial charge in [-0.2, -0.15) is 4.99 Å². The Balaban J connectivity index is 1.80. The predicted octanol–water partition coefficient (Wildman–Crippen LogP) is 2.93. The van der Waals surface area contributed by atoms with Crippen molar-refractivity contribution in [1.29, 1.82) is 0 Å². The van der Waals surface area contributed by atoms with Crippen LogP contribution in [0, 0.1) is 22.5 Å². The van der Waals surface area contributed by atoms with Crippen molar-refractivity contribution in [3.8, 4) is 12.3 Å². The van der Waals surface area contributed by atoms with Crippen LogP contribution >= 0.6 is 11.3 Å². The van der Waals surface area contributed by atoms with Crippen LogP contribution in [0.25, 0.3) is 10.2 Å². The molecule has 0 fully saturated rings. The second kappa shape index (κ2) is 9.02. The topological polar surface area (TPSA) is 112 Å². The normalized spacial score (nSPS) is 12.0. The van der Waals surface area contributed by atoms with Crippen molar-refractivity contribution in [1.82, 2.24) is 4.57 Å². The minimum atomic E-state index is -3.47. The van der Waals surface area contributed by atoms with Gasteiger partial charge in [0.15, 0.2) is 14.6 Å². The van der Waals surface area contributed by atoms with Crippen LogP contribution in [0.3, 0.4) is 0 Å². The van der Waals surface area contributed by atoms with E-state index in [0.717, 1.165) is 11.3 Å². The Hall–Kier alpha value is -3.29. The summed E-state index contributed by atoms with van der Waals surface area (Å²) in [5, 5.41) is 11.0. The largest absolute Gasteiger partial charge is 0.305 e. The Morgan fingerprint density at radius 3 is 2.63 bits per heavy atom. The van der Waals surface area contributed by atoms with Crippen LogP contribution in [0.4, 0.5) is 5.69 Å². The van der Waals surface area contributed by atoms with Crippen LogP contribution < -0.4 is 4.80 Å². The van der Waals surface area contributed by atoms with Gasteiger partial charge in [0.2, 0.25) is 5.91 Å². The minimum absolute atomic E-state index is 0.0451. The number of nitro benzene ring substituents is 1. The Morgan fingerprint density at radius 1 is 1.23 bits per heavy atom. The molecule has 154 valence electrons. The molecule has 3 rings (SSSR count). The van der Waals surface area contributed by atoms with Crippen molar-refractivity contribution in [3.05, 3.63) is 63.4 Å². The SMILES string of the molecule is C#CCn1c(=NC(=O)CCCS(=O)(=O)c2ccccc2)sc2cc([N+](=O)[O-])ccc21. The lowest BCUT2D eigenvalue weighted by molar-refractivity contribution is -0.384. The smallest absolute Gasteiger partial charge is 0.270 e. The fraction of sp³-hybridized carbons (Fsp3) is 0.200. The molecule has 0 unspecified atom stereocenters. The third-order valence-electron chi connectivity index (χ3n) is 4.25. The van der Waals surface area contributed by atoms with Gasteiger partial charge in [-0.25, -0.2) is 8.42 Å². The summed E-state index contributed by atoms with van der Waals surface area (Å²) >= 11 is 1.12. The molecule has 0 aliphatic rings. The molecule has 0 atom stereocenters. The van der Waals surface area contributed by atoms with Gasteiger partial charge in [0.05, 0.1) is 32.3 Å². The van der Waals surface area contributed by atoms with Gasteiger partial charge in [-0.15, -0.1) is 6.42 Å². The van der Waals surface area contributed by atoms with E-state index in [4.69, 9.17) is 6.42 Å². The zero-order valence-corrected chi connectivity index (χ0v) is 17.4. The van der Waals surface area contributed by atoms with Gasteiger partial charge in [-0.05, 0) is 24.6 Å². The average Bonchev–Trinajstić information content (AvgIpc) is 3.05. The number of terminal acetylenes is 1. The highest BCUT2D eigenvalue weighted by molar-refractivity contribution is 7.91. The second-order valence-electron chi connectivity index (χ2n) is 6.33. The van der Waals surface area contributed by atoms with Gasteiger partial charge in [0, 0.05) is 18.6 Å². The molecule has 1 aromatic heterocycles. The first kappa shape index (κ1) is 21.4. The minimum Gasteiger partial charge on any atom is -0.305 e. The van der Waals surface area contributed by atoms with Gasteiger partial charge in [-0.3, -0.25) is 14.9 Å². The summed E-state index contributed by atoms with van der Waals surface area (Å²) in [6.45, 7) is 0.145. The van der Waals surface area contributed by atoms with Gasteiger partial charge in [-0.1, -0.05) is 35.5 Å². The maximum atomic E-state index is 12.3. The summed E-state index contributed by atoms with van der Waals surface area (Å²) in [6.07, 6.45) is 5.49. The van der Waals surface area contributed by atoms with Gasteiger partial charge in [0.1, 0.15) is 0 Å². The fourth-order valence-electron chi connectivity index (χ4n) is 2.83. The number of non-ortho nitro benzene ring substituents is 1. The van der Waals surface area contributed by atoms with Crippen molar-refractivity contribution in [2.24, 2.45) is 4.99 Å². The van der Waals surface area contributed by atoms with E-state index >= 15 is 0 Å². The number of fused-ring (bicyclic) bond motifs is 1. The molecule has 10 heteroatoms. The van der Waals surface area contributed by atoms with Gasteiger partial charge < -0.3 is 4.57 Å². The number of hydrogen-bond acceptors (Lipinski definition) is 6.